The van der Waals surface area contributed by atoms with Crippen molar-refractivity contribution in [1.82, 2.24) is 0 Å². The van der Waals surface area contributed by atoms with Crippen LogP contribution in [-0.4, -0.2) is 22.4 Å². The van der Waals surface area contributed by atoms with Crippen LogP contribution in [0.5, 0.6) is 11.5 Å². The second-order valence-corrected chi connectivity index (χ2v) is 4.06. The Hall–Kier alpha value is -1.27. The van der Waals surface area contributed by atoms with Gasteiger partial charge in [0.15, 0.2) is 0 Å². The number of aliphatic hydroxyl groups is 1. The number of hydrogen-bond acceptors (Lipinski definition) is 3. The normalized spacial score (nSPS) is 8.18. The standard InChI is InChI=1S/C6H5IO.C6H6O.CH4O/c7-5-1-3-6(8)4-2-5;7-6-4-2-1-3-5-6;1-2/h1-4,8H;1-5,7H;2H,1H3. The summed E-state index contributed by atoms with van der Waals surface area (Å²) in [5, 5.41) is 24.4. The molecule has 0 aliphatic carbocycles. The number of phenolic OH excluding ortho intramolecular Hbond substituents is 2. The molecule has 3 N–H and O–H groups in total. The zero-order valence-corrected chi connectivity index (χ0v) is 11.6. The second kappa shape index (κ2) is 9.92. The van der Waals surface area contributed by atoms with Crippen LogP contribution in [0.15, 0.2) is 54.6 Å². The van der Waals surface area contributed by atoms with Gasteiger partial charge in [0, 0.05) is 10.7 Å². The van der Waals surface area contributed by atoms with Gasteiger partial charge in [-0.2, -0.15) is 0 Å². The van der Waals surface area contributed by atoms with Crippen LogP contribution >= 0.6 is 22.6 Å². The molecule has 2 rings (SSSR count). The quantitative estimate of drug-likeness (QED) is 0.643. The van der Waals surface area contributed by atoms with E-state index in [1.807, 2.05) is 18.2 Å². The van der Waals surface area contributed by atoms with E-state index < -0.39 is 0 Å². The lowest BCUT2D eigenvalue weighted by molar-refractivity contribution is 0.399. The minimum atomic E-state index is 0.322. The highest BCUT2D eigenvalue weighted by Crippen LogP contribution is 2.10. The fraction of sp³-hybridized carbons (Fsp3) is 0.0769. The van der Waals surface area contributed by atoms with E-state index >= 15 is 0 Å². The molecule has 0 atom stereocenters. The zero-order valence-electron chi connectivity index (χ0n) is 9.42. The summed E-state index contributed by atoms with van der Waals surface area (Å²) in [7, 11) is 1.00. The van der Waals surface area contributed by atoms with Crippen LogP contribution in [0.1, 0.15) is 0 Å². The van der Waals surface area contributed by atoms with Crippen LogP contribution in [0.3, 0.4) is 0 Å². The van der Waals surface area contributed by atoms with Crippen LogP contribution in [-0.2, 0) is 0 Å². The summed E-state index contributed by atoms with van der Waals surface area (Å²) in [6, 6.07) is 15.8. The number of rotatable bonds is 0. The van der Waals surface area contributed by atoms with Gasteiger partial charge in [-0.1, -0.05) is 18.2 Å². The fourth-order valence-corrected chi connectivity index (χ4v) is 1.23. The fourth-order valence-electron chi connectivity index (χ4n) is 0.869. The van der Waals surface area contributed by atoms with E-state index in [4.69, 9.17) is 15.3 Å². The largest absolute Gasteiger partial charge is 0.508 e. The maximum atomic E-state index is 8.75. The van der Waals surface area contributed by atoms with E-state index in [0.29, 0.717) is 11.5 Å². The van der Waals surface area contributed by atoms with Gasteiger partial charge in [-0.3, -0.25) is 0 Å². The number of aliphatic hydroxyl groups excluding tert-OH is 1. The number of halogens is 1. The SMILES string of the molecule is CO.Oc1ccc(I)cc1.Oc1ccccc1. The Morgan fingerprint density at radius 3 is 1.41 bits per heavy atom. The van der Waals surface area contributed by atoms with E-state index in [9.17, 15) is 0 Å². The number of phenols is 2. The minimum absolute atomic E-state index is 0.322. The maximum absolute atomic E-state index is 8.75. The van der Waals surface area contributed by atoms with Crippen molar-refractivity contribution >= 4 is 22.6 Å². The lowest BCUT2D eigenvalue weighted by atomic mass is 10.3. The molecule has 0 aliphatic heterocycles. The Labute approximate surface area is 115 Å². The molecule has 0 heterocycles. The Morgan fingerprint density at radius 1 is 0.706 bits per heavy atom. The molecule has 92 valence electrons. The van der Waals surface area contributed by atoms with Crippen molar-refractivity contribution in [3.05, 3.63) is 58.2 Å². The van der Waals surface area contributed by atoms with Crippen molar-refractivity contribution in [3.8, 4) is 11.5 Å². The summed E-state index contributed by atoms with van der Waals surface area (Å²) >= 11 is 2.19. The number of hydrogen-bond donors (Lipinski definition) is 3. The van der Waals surface area contributed by atoms with Crippen molar-refractivity contribution in [2.75, 3.05) is 7.11 Å². The monoisotopic (exact) mass is 346 g/mol. The molecule has 0 unspecified atom stereocenters. The molecule has 0 bridgehead atoms. The molecule has 0 aromatic heterocycles. The van der Waals surface area contributed by atoms with E-state index in [2.05, 4.69) is 22.6 Å². The third-order valence-corrected chi connectivity index (χ3v) is 2.30. The average molecular weight is 346 g/mol. The first-order valence-corrected chi connectivity index (χ1v) is 5.89. The summed E-state index contributed by atoms with van der Waals surface area (Å²) in [5.74, 6) is 0.646. The molecular formula is C13H15IO3. The van der Waals surface area contributed by atoms with Crippen molar-refractivity contribution in [2.45, 2.75) is 0 Å². The molecule has 2 aromatic rings. The predicted molar refractivity (Wildman–Crippen MR) is 77.1 cm³/mol. The molecule has 0 saturated heterocycles. The first-order chi connectivity index (χ1) is 8.18. The van der Waals surface area contributed by atoms with Gasteiger partial charge in [0.25, 0.3) is 0 Å². The topological polar surface area (TPSA) is 60.7 Å². The molecule has 0 fully saturated rings. The maximum Gasteiger partial charge on any atom is 0.115 e. The molecule has 0 aliphatic rings. The highest BCUT2D eigenvalue weighted by Gasteiger charge is 1.83. The Morgan fingerprint density at radius 2 is 1.12 bits per heavy atom. The number of para-hydroxylation sites is 1. The van der Waals surface area contributed by atoms with E-state index in [-0.39, 0.29) is 0 Å². The predicted octanol–water partition coefficient (Wildman–Crippen LogP) is 3.00. The van der Waals surface area contributed by atoms with Crippen molar-refractivity contribution in [3.63, 3.8) is 0 Å². The zero-order chi connectivity index (χ0) is 13.1. The molecule has 2 aromatic carbocycles. The first-order valence-electron chi connectivity index (χ1n) is 4.82. The summed E-state index contributed by atoms with van der Waals surface area (Å²) < 4.78 is 1.14. The molecule has 0 saturated carbocycles. The first kappa shape index (κ1) is 15.7. The lowest BCUT2D eigenvalue weighted by Gasteiger charge is -1.87. The number of benzene rings is 2. The van der Waals surface area contributed by atoms with Gasteiger partial charge in [0.1, 0.15) is 11.5 Å². The van der Waals surface area contributed by atoms with Gasteiger partial charge in [0.05, 0.1) is 0 Å². The molecule has 17 heavy (non-hydrogen) atoms. The average Bonchev–Trinajstić information content (AvgIpc) is 2.37. The summed E-state index contributed by atoms with van der Waals surface area (Å²) in [6.45, 7) is 0. The van der Waals surface area contributed by atoms with E-state index in [0.717, 1.165) is 10.7 Å². The third kappa shape index (κ3) is 8.53. The van der Waals surface area contributed by atoms with Gasteiger partial charge < -0.3 is 15.3 Å². The van der Waals surface area contributed by atoms with Crippen LogP contribution in [0.2, 0.25) is 0 Å². The molecule has 0 amide bonds. The van der Waals surface area contributed by atoms with Crippen LogP contribution in [0.4, 0.5) is 0 Å². The number of aromatic hydroxyl groups is 2. The molecular weight excluding hydrogens is 331 g/mol. The second-order valence-electron chi connectivity index (χ2n) is 2.81. The van der Waals surface area contributed by atoms with Crippen molar-refractivity contribution < 1.29 is 15.3 Å². The Bertz CT molecular complexity index is 366. The highest BCUT2D eigenvalue weighted by molar-refractivity contribution is 14.1. The molecule has 0 radical (unpaired) electrons. The summed E-state index contributed by atoms with van der Waals surface area (Å²) in [6.07, 6.45) is 0. The molecule has 3 nitrogen and oxygen atoms in total. The summed E-state index contributed by atoms with van der Waals surface area (Å²) in [5.41, 5.74) is 0. The van der Waals surface area contributed by atoms with Gasteiger partial charge >= 0.3 is 0 Å². The third-order valence-electron chi connectivity index (χ3n) is 1.58. The van der Waals surface area contributed by atoms with Gasteiger partial charge in [0.2, 0.25) is 0 Å². The van der Waals surface area contributed by atoms with Crippen molar-refractivity contribution in [2.24, 2.45) is 0 Å². The minimum Gasteiger partial charge on any atom is -0.508 e. The lowest BCUT2D eigenvalue weighted by Crippen LogP contribution is -1.65. The van der Waals surface area contributed by atoms with Gasteiger partial charge in [-0.25, -0.2) is 0 Å². The Kier molecular flexibility index (Phi) is 9.18. The van der Waals surface area contributed by atoms with Gasteiger partial charge in [-0.15, -0.1) is 0 Å². The van der Waals surface area contributed by atoms with Gasteiger partial charge in [-0.05, 0) is 59.0 Å². The van der Waals surface area contributed by atoms with E-state index in [1.54, 1.807) is 36.4 Å². The van der Waals surface area contributed by atoms with Crippen LogP contribution in [0.25, 0.3) is 0 Å². The summed E-state index contributed by atoms with van der Waals surface area (Å²) in [4.78, 5) is 0. The van der Waals surface area contributed by atoms with Crippen molar-refractivity contribution in [1.29, 1.82) is 0 Å². The molecule has 4 heteroatoms. The van der Waals surface area contributed by atoms with E-state index in [1.165, 1.54) is 0 Å². The highest BCUT2D eigenvalue weighted by atomic mass is 127. The van der Waals surface area contributed by atoms with Crippen LogP contribution in [0, 0.1) is 3.57 Å². The molecule has 0 spiro atoms. The Balaban J connectivity index is 0.000000265. The van der Waals surface area contributed by atoms with Crippen LogP contribution < -0.4 is 0 Å². The smallest absolute Gasteiger partial charge is 0.115 e.